The molecule has 9 heteroatoms. The Balaban J connectivity index is 1.42. The zero-order valence-electron chi connectivity index (χ0n) is 21.7. The fraction of sp³-hybridized carbons (Fsp3) is 0.226. The lowest BCUT2D eigenvalue weighted by Crippen LogP contribution is -2.41. The second-order valence-corrected chi connectivity index (χ2v) is 9.77. The zero-order chi connectivity index (χ0) is 27.5. The molecule has 0 saturated heterocycles. The molecular weight excluding hydrogens is 511 g/mol. The highest BCUT2D eigenvalue weighted by atomic mass is 19.1. The van der Waals surface area contributed by atoms with Crippen LogP contribution in [0.15, 0.2) is 79.3 Å². The van der Waals surface area contributed by atoms with Gasteiger partial charge in [0.25, 0.3) is 5.91 Å². The molecule has 0 fully saturated rings. The quantitative estimate of drug-likeness (QED) is 0.380. The van der Waals surface area contributed by atoms with E-state index in [9.17, 15) is 14.0 Å². The highest BCUT2D eigenvalue weighted by Crippen LogP contribution is 2.39. The Morgan fingerprint density at radius 1 is 1.05 bits per heavy atom. The molecule has 3 aliphatic heterocycles. The predicted molar refractivity (Wildman–Crippen MR) is 145 cm³/mol. The minimum atomic E-state index is -0.513. The Labute approximate surface area is 230 Å². The lowest BCUT2D eigenvalue weighted by molar-refractivity contribution is -0.120. The number of amides is 2. The van der Waals surface area contributed by atoms with Crippen LogP contribution in [-0.2, 0) is 17.6 Å². The zero-order valence-corrected chi connectivity index (χ0v) is 21.7. The second-order valence-electron chi connectivity index (χ2n) is 9.77. The Morgan fingerprint density at radius 2 is 1.98 bits per heavy atom. The third-order valence-corrected chi connectivity index (χ3v) is 7.08. The third kappa shape index (κ3) is 5.36. The Morgan fingerprint density at radius 3 is 2.85 bits per heavy atom. The van der Waals surface area contributed by atoms with E-state index in [1.807, 2.05) is 41.3 Å². The maximum absolute atomic E-state index is 14.7. The molecule has 8 bridgehead atoms. The van der Waals surface area contributed by atoms with Gasteiger partial charge in [-0.15, -0.1) is 0 Å². The Bertz CT molecular complexity index is 1560. The summed E-state index contributed by atoms with van der Waals surface area (Å²) in [6, 6.07) is 19.0. The van der Waals surface area contributed by atoms with Gasteiger partial charge in [-0.3, -0.25) is 9.59 Å². The van der Waals surface area contributed by atoms with Crippen LogP contribution in [0.5, 0.6) is 17.2 Å². The molecule has 4 aromatic rings. The molecule has 7 rings (SSSR count). The first-order chi connectivity index (χ1) is 19.5. The summed E-state index contributed by atoms with van der Waals surface area (Å²) in [5.41, 5.74) is 3.80. The van der Waals surface area contributed by atoms with Crippen LogP contribution in [0.4, 0.5) is 4.39 Å². The minimum absolute atomic E-state index is 0.0530. The van der Waals surface area contributed by atoms with E-state index in [4.69, 9.17) is 9.47 Å². The van der Waals surface area contributed by atoms with Crippen molar-refractivity contribution < 1.29 is 23.5 Å². The highest BCUT2D eigenvalue weighted by molar-refractivity contribution is 5.93. The number of carbonyl (C=O) groups excluding carboxylic acids is 2. The van der Waals surface area contributed by atoms with Gasteiger partial charge in [0.2, 0.25) is 5.91 Å². The molecule has 3 aliphatic rings. The number of hydrogen-bond donors (Lipinski definition) is 1. The van der Waals surface area contributed by atoms with Crippen LogP contribution in [0, 0.1) is 5.82 Å². The number of ether oxygens (including phenoxy) is 2. The van der Waals surface area contributed by atoms with Gasteiger partial charge in [-0.25, -0.2) is 14.4 Å². The van der Waals surface area contributed by atoms with Crippen LogP contribution >= 0.6 is 0 Å². The fourth-order valence-electron chi connectivity index (χ4n) is 5.18. The van der Waals surface area contributed by atoms with Crippen LogP contribution in [0.3, 0.4) is 0 Å². The summed E-state index contributed by atoms with van der Waals surface area (Å²) in [5, 5.41) is 2.88. The molecule has 1 unspecified atom stereocenters. The van der Waals surface area contributed by atoms with Gasteiger partial charge in [-0.05, 0) is 77.6 Å². The van der Waals surface area contributed by atoms with Crippen LogP contribution in [-0.4, -0.2) is 46.4 Å². The van der Waals surface area contributed by atoms with Gasteiger partial charge < -0.3 is 19.7 Å². The van der Waals surface area contributed by atoms with E-state index in [2.05, 4.69) is 15.3 Å². The van der Waals surface area contributed by atoms with Crippen molar-refractivity contribution in [2.75, 3.05) is 19.7 Å². The Hall–Kier alpha value is -4.79. The number of nitrogens with zero attached hydrogens (tertiary/aromatic N) is 3. The molecule has 1 atom stereocenters. The average molecular weight is 539 g/mol. The van der Waals surface area contributed by atoms with Gasteiger partial charge in [0, 0.05) is 19.3 Å². The van der Waals surface area contributed by atoms with Crippen molar-refractivity contribution in [2.24, 2.45) is 0 Å². The van der Waals surface area contributed by atoms with Gasteiger partial charge in [0.1, 0.15) is 23.5 Å². The van der Waals surface area contributed by atoms with Gasteiger partial charge in [0.05, 0.1) is 19.1 Å². The van der Waals surface area contributed by atoms with Gasteiger partial charge in [-0.2, -0.15) is 0 Å². The number of benzene rings is 3. The number of nitrogens with one attached hydrogen (secondary N) is 1. The van der Waals surface area contributed by atoms with Crippen molar-refractivity contribution in [3.05, 3.63) is 113 Å². The van der Waals surface area contributed by atoms with E-state index in [0.29, 0.717) is 55.3 Å². The largest absolute Gasteiger partial charge is 0.494 e. The topological polar surface area (TPSA) is 93.7 Å². The molecule has 40 heavy (non-hydrogen) atoms. The van der Waals surface area contributed by atoms with E-state index < -0.39 is 11.9 Å². The van der Waals surface area contributed by atoms with Gasteiger partial charge in [0.15, 0.2) is 11.6 Å². The van der Waals surface area contributed by atoms with Crippen LogP contribution < -0.4 is 14.8 Å². The van der Waals surface area contributed by atoms with Crippen molar-refractivity contribution in [2.45, 2.75) is 25.3 Å². The third-order valence-electron chi connectivity index (χ3n) is 7.08. The van der Waals surface area contributed by atoms with Gasteiger partial charge >= 0.3 is 0 Å². The molecule has 0 spiro atoms. The second kappa shape index (κ2) is 11.1. The summed E-state index contributed by atoms with van der Waals surface area (Å²) in [6.07, 6.45) is 4.23. The molecule has 8 nitrogen and oxygen atoms in total. The normalized spacial score (nSPS) is 17.0. The van der Waals surface area contributed by atoms with Gasteiger partial charge in [-0.1, -0.05) is 24.3 Å². The molecule has 0 saturated carbocycles. The summed E-state index contributed by atoms with van der Waals surface area (Å²) in [7, 11) is 0. The Kier molecular flexibility index (Phi) is 7.09. The molecular formula is C31H27FN4O4. The lowest BCUT2D eigenvalue weighted by atomic mass is 9.87. The molecule has 1 N–H and O–H groups in total. The summed E-state index contributed by atoms with van der Waals surface area (Å²) >= 11 is 0. The van der Waals surface area contributed by atoms with E-state index in [-0.39, 0.29) is 24.0 Å². The highest BCUT2D eigenvalue weighted by Gasteiger charge is 2.33. The summed E-state index contributed by atoms with van der Waals surface area (Å²) in [4.78, 5) is 36.0. The molecule has 2 amide bonds. The van der Waals surface area contributed by atoms with Crippen LogP contribution in [0.25, 0.3) is 0 Å². The molecule has 0 aliphatic carbocycles. The van der Waals surface area contributed by atoms with E-state index in [1.54, 1.807) is 30.5 Å². The van der Waals surface area contributed by atoms with Crippen molar-refractivity contribution in [1.29, 1.82) is 0 Å². The number of halogens is 1. The fourth-order valence-corrected chi connectivity index (χ4v) is 5.18. The molecule has 3 aromatic carbocycles. The summed E-state index contributed by atoms with van der Waals surface area (Å²) in [6.45, 7) is 1.30. The summed E-state index contributed by atoms with van der Waals surface area (Å²) < 4.78 is 26.7. The molecule has 0 radical (unpaired) electrons. The monoisotopic (exact) mass is 538 g/mol. The van der Waals surface area contributed by atoms with E-state index in [0.717, 1.165) is 16.7 Å². The summed E-state index contributed by atoms with van der Waals surface area (Å²) in [5.74, 6) is 0.334. The van der Waals surface area contributed by atoms with E-state index >= 15 is 0 Å². The van der Waals surface area contributed by atoms with Crippen molar-refractivity contribution >= 4 is 11.8 Å². The van der Waals surface area contributed by atoms with Crippen molar-refractivity contribution in [3.8, 4) is 17.2 Å². The SMILES string of the molecule is O=C1Cc2ccc(F)c(c2)Oc2ccc3c(c2)CCN(C(=O)c2ccncn2)C3c2cccc(c2)OCCCN1. The molecule has 202 valence electrons. The van der Waals surface area contributed by atoms with Crippen molar-refractivity contribution in [3.63, 3.8) is 0 Å². The van der Waals surface area contributed by atoms with E-state index in [1.165, 1.54) is 12.4 Å². The van der Waals surface area contributed by atoms with Crippen molar-refractivity contribution in [1.82, 2.24) is 20.2 Å². The lowest BCUT2D eigenvalue weighted by Gasteiger charge is -2.38. The average Bonchev–Trinajstić information content (AvgIpc) is 2.98. The van der Waals surface area contributed by atoms with Crippen LogP contribution in [0.1, 0.15) is 45.2 Å². The number of hydrogen-bond acceptors (Lipinski definition) is 6. The first-order valence-electron chi connectivity index (χ1n) is 13.2. The minimum Gasteiger partial charge on any atom is -0.494 e. The maximum Gasteiger partial charge on any atom is 0.273 e. The number of carbonyl (C=O) groups is 2. The molecule has 1 aromatic heterocycles. The predicted octanol–water partition coefficient (Wildman–Crippen LogP) is 4.64. The smallest absolute Gasteiger partial charge is 0.273 e. The maximum atomic E-state index is 14.7. The standard InChI is InChI=1S/C31H27FN4O4/c32-26-8-5-20-15-28(26)40-24-6-7-25-21(17-24)10-13-36(31(38)27-9-12-33-19-35-27)30(25)22-3-1-4-23(18-22)39-14-2-11-34-29(37)16-20/h1,3-9,12,15,17-19,30H,2,10-11,13-14,16H2,(H,34,37). The first kappa shape index (κ1) is 25.5. The number of fused-ring (bicyclic) bond motifs is 7. The molecule has 4 heterocycles. The first-order valence-corrected chi connectivity index (χ1v) is 13.2. The van der Waals surface area contributed by atoms with Crippen LogP contribution in [0.2, 0.25) is 0 Å². The number of aromatic nitrogens is 2. The number of rotatable bonds is 1.